The lowest BCUT2D eigenvalue weighted by molar-refractivity contribution is 0.250. The van der Waals surface area contributed by atoms with E-state index in [2.05, 4.69) is 46.7 Å². The van der Waals surface area contributed by atoms with E-state index in [-0.39, 0.29) is 5.82 Å². The Hall–Kier alpha value is -0.450. The fourth-order valence-corrected chi connectivity index (χ4v) is 3.32. The molecule has 0 amide bonds. The summed E-state index contributed by atoms with van der Waals surface area (Å²) in [5.41, 5.74) is 1.04. The summed E-state index contributed by atoms with van der Waals surface area (Å²) >= 11 is 3.34. The van der Waals surface area contributed by atoms with E-state index in [1.165, 1.54) is 6.07 Å². The molecule has 2 rings (SSSR count). The molecule has 18 heavy (non-hydrogen) atoms. The SMILES string of the molecule is CC1CN(Cc2cc(F)cc(Br)c2)CC1N(C)C. The highest BCUT2D eigenvalue weighted by Gasteiger charge is 2.30. The molecule has 4 heteroatoms. The first-order valence-electron chi connectivity index (χ1n) is 6.29. The van der Waals surface area contributed by atoms with E-state index >= 15 is 0 Å². The zero-order valence-electron chi connectivity index (χ0n) is 11.2. The quantitative estimate of drug-likeness (QED) is 0.846. The molecular formula is C14H20BrFN2. The molecule has 0 spiro atoms. The predicted molar refractivity (Wildman–Crippen MR) is 76.0 cm³/mol. The molecule has 1 fully saturated rings. The molecule has 2 unspecified atom stereocenters. The average molecular weight is 315 g/mol. The zero-order valence-corrected chi connectivity index (χ0v) is 12.7. The Morgan fingerprint density at radius 2 is 2.06 bits per heavy atom. The van der Waals surface area contributed by atoms with E-state index in [1.807, 2.05) is 6.07 Å². The molecule has 1 saturated heterocycles. The Labute approximate surface area is 117 Å². The molecule has 1 heterocycles. The number of hydrogen-bond donors (Lipinski definition) is 0. The van der Waals surface area contributed by atoms with Gasteiger partial charge in [-0.15, -0.1) is 0 Å². The van der Waals surface area contributed by atoms with Crippen LogP contribution in [0, 0.1) is 11.7 Å². The van der Waals surface area contributed by atoms with Gasteiger partial charge in [0.25, 0.3) is 0 Å². The minimum Gasteiger partial charge on any atom is -0.305 e. The van der Waals surface area contributed by atoms with Crippen molar-refractivity contribution in [3.63, 3.8) is 0 Å². The summed E-state index contributed by atoms with van der Waals surface area (Å²) in [6.07, 6.45) is 0. The number of nitrogens with zero attached hydrogens (tertiary/aromatic N) is 2. The molecule has 2 nitrogen and oxygen atoms in total. The molecule has 0 aromatic heterocycles. The molecule has 0 N–H and O–H groups in total. The van der Waals surface area contributed by atoms with Crippen LogP contribution in [-0.2, 0) is 6.54 Å². The zero-order chi connectivity index (χ0) is 13.3. The van der Waals surface area contributed by atoms with Crippen LogP contribution in [0.3, 0.4) is 0 Å². The van der Waals surface area contributed by atoms with Gasteiger partial charge >= 0.3 is 0 Å². The van der Waals surface area contributed by atoms with Crippen molar-refractivity contribution in [3.8, 4) is 0 Å². The fourth-order valence-electron chi connectivity index (χ4n) is 2.81. The van der Waals surface area contributed by atoms with Crippen LogP contribution in [0.4, 0.5) is 4.39 Å². The number of hydrogen-bond acceptors (Lipinski definition) is 2. The van der Waals surface area contributed by atoms with Gasteiger partial charge in [0.05, 0.1) is 0 Å². The summed E-state index contributed by atoms with van der Waals surface area (Å²) in [6, 6.07) is 5.72. The van der Waals surface area contributed by atoms with E-state index in [1.54, 1.807) is 6.07 Å². The van der Waals surface area contributed by atoms with Crippen molar-refractivity contribution in [1.29, 1.82) is 0 Å². The summed E-state index contributed by atoms with van der Waals surface area (Å²) < 4.78 is 14.1. The third-order valence-corrected chi connectivity index (χ3v) is 4.10. The van der Waals surface area contributed by atoms with Crippen LogP contribution in [0.1, 0.15) is 12.5 Å². The first-order valence-corrected chi connectivity index (χ1v) is 7.09. The lowest BCUT2D eigenvalue weighted by Gasteiger charge is -2.22. The molecule has 0 radical (unpaired) electrons. The van der Waals surface area contributed by atoms with Crippen molar-refractivity contribution in [2.75, 3.05) is 27.2 Å². The fraction of sp³-hybridized carbons (Fsp3) is 0.571. The molecule has 0 bridgehead atoms. The van der Waals surface area contributed by atoms with Gasteiger partial charge in [-0.1, -0.05) is 22.9 Å². The number of likely N-dealkylation sites (N-methyl/N-ethyl adjacent to an activating group) is 1. The summed E-state index contributed by atoms with van der Waals surface area (Å²) in [4.78, 5) is 4.68. The van der Waals surface area contributed by atoms with Gasteiger partial charge in [-0.05, 0) is 43.8 Å². The van der Waals surface area contributed by atoms with Crippen molar-refractivity contribution >= 4 is 15.9 Å². The second-order valence-corrected chi connectivity index (χ2v) is 6.40. The first kappa shape index (κ1) is 14.0. The standard InChI is InChI=1S/C14H20BrFN2/c1-10-7-18(9-14(10)17(2)3)8-11-4-12(15)6-13(16)5-11/h4-6,10,14H,7-9H2,1-3H3. The Balaban J connectivity index is 2.02. The topological polar surface area (TPSA) is 6.48 Å². The van der Waals surface area contributed by atoms with E-state index in [0.717, 1.165) is 29.7 Å². The van der Waals surface area contributed by atoms with Gasteiger partial charge in [-0.25, -0.2) is 4.39 Å². The van der Waals surface area contributed by atoms with Crippen molar-refractivity contribution in [2.24, 2.45) is 5.92 Å². The molecule has 0 saturated carbocycles. The molecule has 100 valence electrons. The number of rotatable bonds is 3. The molecule has 0 aliphatic carbocycles. The highest BCUT2D eigenvalue weighted by Crippen LogP contribution is 2.23. The highest BCUT2D eigenvalue weighted by atomic mass is 79.9. The maximum atomic E-state index is 13.3. The Morgan fingerprint density at radius 3 is 2.61 bits per heavy atom. The van der Waals surface area contributed by atoms with Gasteiger partial charge in [0.1, 0.15) is 5.82 Å². The van der Waals surface area contributed by atoms with E-state index in [0.29, 0.717) is 12.0 Å². The Bertz CT molecular complexity index is 402. The molecule has 1 aromatic carbocycles. The van der Waals surface area contributed by atoms with Gasteiger partial charge in [-0.3, -0.25) is 4.90 Å². The van der Waals surface area contributed by atoms with Crippen molar-refractivity contribution in [2.45, 2.75) is 19.5 Å². The smallest absolute Gasteiger partial charge is 0.124 e. The van der Waals surface area contributed by atoms with E-state index in [4.69, 9.17) is 0 Å². The largest absolute Gasteiger partial charge is 0.305 e. The minimum atomic E-state index is -0.171. The lowest BCUT2D eigenvalue weighted by atomic mass is 10.1. The minimum absolute atomic E-state index is 0.171. The van der Waals surface area contributed by atoms with Crippen molar-refractivity contribution < 1.29 is 4.39 Å². The highest BCUT2D eigenvalue weighted by molar-refractivity contribution is 9.10. The van der Waals surface area contributed by atoms with Crippen molar-refractivity contribution in [3.05, 3.63) is 34.1 Å². The van der Waals surface area contributed by atoms with Crippen LogP contribution in [-0.4, -0.2) is 43.0 Å². The van der Waals surface area contributed by atoms with E-state index < -0.39 is 0 Å². The van der Waals surface area contributed by atoms with Crippen molar-refractivity contribution in [1.82, 2.24) is 9.80 Å². The van der Waals surface area contributed by atoms with Crippen LogP contribution in [0.15, 0.2) is 22.7 Å². The summed E-state index contributed by atoms with van der Waals surface area (Å²) in [6.45, 7) is 5.25. The first-order chi connectivity index (χ1) is 8.45. The predicted octanol–water partition coefficient (Wildman–Crippen LogP) is 2.97. The average Bonchev–Trinajstić information content (AvgIpc) is 2.57. The normalized spacial score (nSPS) is 25.0. The number of benzene rings is 1. The maximum absolute atomic E-state index is 13.3. The molecule has 1 aromatic rings. The van der Waals surface area contributed by atoms with Crippen LogP contribution in [0.25, 0.3) is 0 Å². The molecule has 2 atom stereocenters. The molecular weight excluding hydrogens is 295 g/mol. The Kier molecular flexibility index (Phi) is 4.41. The molecule has 1 aliphatic rings. The number of likely N-dealkylation sites (tertiary alicyclic amines) is 1. The summed E-state index contributed by atoms with van der Waals surface area (Å²) in [5.74, 6) is 0.493. The molecule has 1 aliphatic heterocycles. The van der Waals surface area contributed by atoms with Gasteiger partial charge in [0.2, 0.25) is 0 Å². The summed E-state index contributed by atoms with van der Waals surface area (Å²) in [5, 5.41) is 0. The van der Waals surface area contributed by atoms with Gasteiger partial charge in [0.15, 0.2) is 0 Å². The second-order valence-electron chi connectivity index (χ2n) is 5.48. The Morgan fingerprint density at radius 1 is 1.33 bits per heavy atom. The number of halogens is 2. The third kappa shape index (κ3) is 3.31. The second kappa shape index (κ2) is 5.68. The maximum Gasteiger partial charge on any atom is 0.124 e. The third-order valence-electron chi connectivity index (χ3n) is 3.64. The lowest BCUT2D eigenvalue weighted by Crippen LogP contribution is -2.34. The van der Waals surface area contributed by atoms with Crippen LogP contribution >= 0.6 is 15.9 Å². The van der Waals surface area contributed by atoms with Crippen LogP contribution < -0.4 is 0 Å². The van der Waals surface area contributed by atoms with Crippen LogP contribution in [0.5, 0.6) is 0 Å². The van der Waals surface area contributed by atoms with Gasteiger partial charge in [-0.2, -0.15) is 0 Å². The summed E-state index contributed by atoms with van der Waals surface area (Å²) in [7, 11) is 4.26. The van der Waals surface area contributed by atoms with Gasteiger partial charge < -0.3 is 4.90 Å². The van der Waals surface area contributed by atoms with Crippen LogP contribution in [0.2, 0.25) is 0 Å². The van der Waals surface area contributed by atoms with Gasteiger partial charge in [0, 0.05) is 30.1 Å². The van der Waals surface area contributed by atoms with E-state index in [9.17, 15) is 4.39 Å². The monoisotopic (exact) mass is 314 g/mol.